The number of fused-ring (bicyclic) bond motifs is 1. The van der Waals surface area contributed by atoms with E-state index in [1.54, 1.807) is 26.0 Å². The highest BCUT2D eigenvalue weighted by Gasteiger charge is 2.32. The number of nitro benzene ring substituents is 1. The highest BCUT2D eigenvalue weighted by Crippen LogP contribution is 2.37. The van der Waals surface area contributed by atoms with E-state index in [9.17, 15) is 24.8 Å². The molecular weight excluding hydrogens is 602 g/mol. The first-order valence-corrected chi connectivity index (χ1v) is 14.6. The van der Waals surface area contributed by atoms with Crippen LogP contribution in [0.25, 0.3) is 11.8 Å². The number of nitro groups is 1. The van der Waals surface area contributed by atoms with Gasteiger partial charge < -0.3 is 24.1 Å². The molecule has 0 radical (unpaired) electrons. The summed E-state index contributed by atoms with van der Waals surface area (Å²) in [5, 5.41) is 22.2. The van der Waals surface area contributed by atoms with Gasteiger partial charge in [-0.15, -0.1) is 0 Å². The first-order chi connectivity index (χ1) is 21.7. The Bertz CT molecular complexity index is 2000. The monoisotopic (exact) mass is 631 g/mol. The van der Waals surface area contributed by atoms with Crippen molar-refractivity contribution in [2.24, 2.45) is 4.99 Å². The molecule has 0 fully saturated rings. The molecular formula is C32H29N3O9S. The number of methoxy groups -OCH3 is 2. The van der Waals surface area contributed by atoms with Gasteiger partial charge in [-0.3, -0.25) is 19.5 Å². The summed E-state index contributed by atoms with van der Waals surface area (Å²) in [6.07, 6.45) is 1.39. The molecule has 1 N–H and O–H groups in total. The number of phenols is 1. The van der Waals surface area contributed by atoms with Crippen molar-refractivity contribution in [2.75, 3.05) is 20.8 Å². The second-order valence-corrected chi connectivity index (χ2v) is 10.8. The number of benzene rings is 3. The van der Waals surface area contributed by atoms with E-state index >= 15 is 0 Å². The number of nitrogens with zero attached hydrogens (tertiary/aromatic N) is 3. The molecule has 4 aromatic rings. The van der Waals surface area contributed by atoms with Gasteiger partial charge in [0.15, 0.2) is 27.8 Å². The predicted octanol–water partition coefficient (Wildman–Crippen LogP) is 4.12. The first kappa shape index (κ1) is 31.0. The molecule has 0 aliphatic carbocycles. The lowest BCUT2D eigenvalue weighted by atomic mass is 9.96. The number of phenolic OH excluding ortho intramolecular Hbond substituents is 1. The highest BCUT2D eigenvalue weighted by molar-refractivity contribution is 7.07. The van der Waals surface area contributed by atoms with Gasteiger partial charge in [-0.2, -0.15) is 0 Å². The van der Waals surface area contributed by atoms with Gasteiger partial charge in [0.2, 0.25) is 0 Å². The SMILES string of the molecule is CCOC(=O)C1=C(C)n2c(s/c(=C\c3cc(OC)c(OCc4ccccc4)cc3[N+](=O)[O-])c2=O)=N[C@@H]1c1ccc(O)c(OC)c1. The van der Waals surface area contributed by atoms with Crippen LogP contribution in [0.3, 0.4) is 0 Å². The van der Waals surface area contributed by atoms with E-state index in [1.807, 2.05) is 30.3 Å². The average Bonchev–Trinajstić information content (AvgIpc) is 3.35. The van der Waals surface area contributed by atoms with Crippen molar-refractivity contribution in [3.63, 3.8) is 0 Å². The lowest BCUT2D eigenvalue weighted by molar-refractivity contribution is -0.385. The Morgan fingerprint density at radius 3 is 2.49 bits per heavy atom. The number of ether oxygens (including phenoxy) is 4. The topological polar surface area (TPSA) is 152 Å². The molecule has 13 heteroatoms. The summed E-state index contributed by atoms with van der Waals surface area (Å²) >= 11 is 1.01. The van der Waals surface area contributed by atoms with Crippen LogP contribution < -0.4 is 29.1 Å². The molecule has 0 bridgehead atoms. The highest BCUT2D eigenvalue weighted by atomic mass is 32.1. The maximum absolute atomic E-state index is 13.7. The van der Waals surface area contributed by atoms with Gasteiger partial charge in [0.25, 0.3) is 11.2 Å². The number of thiazole rings is 1. The van der Waals surface area contributed by atoms with Gasteiger partial charge in [-0.25, -0.2) is 9.79 Å². The third-order valence-corrected chi connectivity index (χ3v) is 8.08. The molecule has 232 valence electrons. The Kier molecular flexibility index (Phi) is 9.00. The Morgan fingerprint density at radius 2 is 1.82 bits per heavy atom. The van der Waals surface area contributed by atoms with Crippen molar-refractivity contribution in [1.29, 1.82) is 0 Å². The number of carbonyl (C=O) groups excluding carboxylic acids is 1. The molecule has 1 aliphatic rings. The number of aromatic nitrogens is 1. The molecule has 5 rings (SSSR count). The average molecular weight is 632 g/mol. The molecule has 1 aliphatic heterocycles. The molecule has 0 saturated heterocycles. The van der Waals surface area contributed by atoms with E-state index in [0.29, 0.717) is 11.3 Å². The lowest BCUT2D eigenvalue weighted by Gasteiger charge is -2.22. The largest absolute Gasteiger partial charge is 0.504 e. The minimum absolute atomic E-state index is 0.0890. The van der Waals surface area contributed by atoms with Crippen molar-refractivity contribution in [3.8, 4) is 23.0 Å². The minimum atomic E-state index is -0.875. The normalized spacial score (nSPS) is 14.4. The summed E-state index contributed by atoms with van der Waals surface area (Å²) in [4.78, 5) is 43.4. The van der Waals surface area contributed by atoms with Gasteiger partial charge in [0.05, 0.1) is 47.5 Å². The fourth-order valence-corrected chi connectivity index (χ4v) is 5.94. The maximum Gasteiger partial charge on any atom is 0.338 e. The molecule has 3 aromatic carbocycles. The van der Waals surface area contributed by atoms with Crippen LogP contribution in [0.4, 0.5) is 5.69 Å². The molecule has 0 unspecified atom stereocenters. The van der Waals surface area contributed by atoms with Crippen LogP contribution in [0.2, 0.25) is 0 Å². The van der Waals surface area contributed by atoms with Crippen molar-refractivity contribution in [3.05, 3.63) is 113 Å². The van der Waals surface area contributed by atoms with E-state index < -0.39 is 22.5 Å². The quantitative estimate of drug-likeness (QED) is 0.155. The third kappa shape index (κ3) is 6.15. The molecule has 1 aromatic heterocycles. The van der Waals surface area contributed by atoms with Crippen LogP contribution in [-0.4, -0.2) is 41.4 Å². The Labute approximate surface area is 260 Å². The number of allylic oxidation sites excluding steroid dienone is 1. The zero-order chi connectivity index (χ0) is 32.2. The van der Waals surface area contributed by atoms with Gasteiger partial charge in [0.1, 0.15) is 12.6 Å². The fraction of sp³-hybridized carbons (Fsp3) is 0.219. The van der Waals surface area contributed by atoms with Crippen LogP contribution in [0.1, 0.15) is 36.6 Å². The zero-order valence-electron chi connectivity index (χ0n) is 24.8. The zero-order valence-corrected chi connectivity index (χ0v) is 25.6. The summed E-state index contributed by atoms with van der Waals surface area (Å²) in [5.74, 6) is -0.141. The van der Waals surface area contributed by atoms with Crippen molar-refractivity contribution >= 4 is 34.8 Å². The maximum atomic E-state index is 13.7. The Morgan fingerprint density at radius 1 is 1.09 bits per heavy atom. The molecule has 0 amide bonds. The third-order valence-electron chi connectivity index (χ3n) is 7.09. The number of hydrogen-bond acceptors (Lipinski definition) is 11. The minimum Gasteiger partial charge on any atom is -0.504 e. The van der Waals surface area contributed by atoms with E-state index in [4.69, 9.17) is 23.9 Å². The number of hydrogen-bond donors (Lipinski definition) is 1. The van der Waals surface area contributed by atoms with Gasteiger partial charge in [-0.05, 0) is 49.2 Å². The molecule has 45 heavy (non-hydrogen) atoms. The molecule has 0 spiro atoms. The molecule has 0 saturated carbocycles. The smallest absolute Gasteiger partial charge is 0.338 e. The summed E-state index contributed by atoms with van der Waals surface area (Å²) in [6, 6.07) is 15.7. The van der Waals surface area contributed by atoms with E-state index in [2.05, 4.69) is 0 Å². The Hall–Kier alpha value is -5.43. The second-order valence-electron chi connectivity index (χ2n) is 9.81. The first-order valence-electron chi connectivity index (χ1n) is 13.8. The van der Waals surface area contributed by atoms with Crippen LogP contribution in [0.5, 0.6) is 23.0 Å². The molecule has 1 atom stereocenters. The van der Waals surface area contributed by atoms with Gasteiger partial charge in [0, 0.05) is 5.70 Å². The summed E-state index contributed by atoms with van der Waals surface area (Å²) in [6.45, 7) is 3.54. The van der Waals surface area contributed by atoms with E-state index in [-0.39, 0.29) is 62.4 Å². The number of rotatable bonds is 10. The van der Waals surface area contributed by atoms with E-state index in [1.165, 1.54) is 43.1 Å². The fourth-order valence-electron chi connectivity index (χ4n) is 4.91. The second kappa shape index (κ2) is 13.1. The predicted molar refractivity (Wildman–Crippen MR) is 166 cm³/mol. The van der Waals surface area contributed by atoms with Crippen LogP contribution in [0, 0.1) is 10.1 Å². The van der Waals surface area contributed by atoms with Crippen LogP contribution in [0.15, 0.2) is 76.0 Å². The molecule has 2 heterocycles. The summed E-state index contributed by atoms with van der Waals surface area (Å²) < 4.78 is 23.3. The lowest BCUT2D eigenvalue weighted by Crippen LogP contribution is -2.35. The molecule has 12 nitrogen and oxygen atoms in total. The van der Waals surface area contributed by atoms with Crippen LogP contribution >= 0.6 is 11.3 Å². The van der Waals surface area contributed by atoms with Crippen molar-refractivity contribution < 1.29 is 33.8 Å². The Balaban J connectivity index is 1.65. The van der Waals surface area contributed by atoms with Crippen LogP contribution in [-0.2, 0) is 16.1 Å². The van der Waals surface area contributed by atoms with E-state index in [0.717, 1.165) is 16.9 Å². The van der Waals surface area contributed by atoms with Gasteiger partial charge >= 0.3 is 5.97 Å². The van der Waals surface area contributed by atoms with Crippen molar-refractivity contribution in [2.45, 2.75) is 26.5 Å². The van der Waals surface area contributed by atoms with Crippen molar-refractivity contribution in [1.82, 2.24) is 4.57 Å². The standard InChI is InChI=1S/C32H29N3O9S/c1-5-43-31(38)28-18(2)34-30(37)27(45-32(34)33-29(28)20-11-12-23(36)24(13-20)41-3)15-21-14-25(42-4)26(16-22(21)35(39)40)44-17-19-9-7-6-8-10-19/h6-16,29,36H,5,17H2,1-4H3/b27-15-/t29-/m1/s1. The van der Waals surface area contributed by atoms with Gasteiger partial charge in [-0.1, -0.05) is 47.7 Å². The summed E-state index contributed by atoms with van der Waals surface area (Å²) in [7, 11) is 2.82. The summed E-state index contributed by atoms with van der Waals surface area (Å²) in [5.41, 5.74) is 1.14. The number of carbonyl (C=O) groups is 1. The number of aromatic hydroxyl groups is 1. The number of esters is 1.